The van der Waals surface area contributed by atoms with Crippen molar-refractivity contribution in [3.8, 4) is 0 Å². The molecular formula is C14H14BrClFNO3. The first-order valence-corrected chi connectivity index (χ1v) is 7.68. The average molecular weight is 379 g/mol. The van der Waals surface area contributed by atoms with Crippen LogP contribution in [0.3, 0.4) is 0 Å². The van der Waals surface area contributed by atoms with Gasteiger partial charge in [0.25, 0.3) is 5.91 Å². The van der Waals surface area contributed by atoms with E-state index in [4.69, 9.17) is 11.6 Å². The second kappa shape index (κ2) is 6.32. The van der Waals surface area contributed by atoms with Gasteiger partial charge in [0.15, 0.2) is 0 Å². The monoisotopic (exact) mass is 377 g/mol. The topological polar surface area (TPSA) is 57.6 Å². The molecule has 0 saturated carbocycles. The largest absolute Gasteiger partial charge is 0.481 e. The molecule has 7 heteroatoms. The van der Waals surface area contributed by atoms with Crippen LogP contribution in [0.15, 0.2) is 16.6 Å². The molecule has 1 aromatic carbocycles. The number of rotatable bonds is 2. The minimum atomic E-state index is -0.937. The first-order valence-electron chi connectivity index (χ1n) is 6.51. The summed E-state index contributed by atoms with van der Waals surface area (Å²) in [5.74, 6) is -2.79. The number of carboxylic acids is 1. The molecule has 4 nitrogen and oxygen atoms in total. The number of nitrogens with zero attached hydrogens (tertiary/aromatic N) is 1. The summed E-state index contributed by atoms with van der Waals surface area (Å²) < 4.78 is 14.2. The minimum Gasteiger partial charge on any atom is -0.481 e. The van der Waals surface area contributed by atoms with Crippen molar-refractivity contribution in [2.75, 3.05) is 6.54 Å². The van der Waals surface area contributed by atoms with E-state index in [-0.39, 0.29) is 15.1 Å². The molecule has 0 unspecified atom stereocenters. The Hall–Kier alpha value is -1.14. The molecule has 0 aliphatic carbocycles. The second-order valence-electron chi connectivity index (χ2n) is 5.08. The van der Waals surface area contributed by atoms with E-state index in [0.717, 1.165) is 0 Å². The maximum Gasteiger partial charge on any atom is 0.308 e. The Balaban J connectivity index is 2.33. The molecule has 1 N–H and O–H groups in total. The van der Waals surface area contributed by atoms with E-state index in [1.165, 1.54) is 17.0 Å². The molecule has 0 aromatic heterocycles. The van der Waals surface area contributed by atoms with Gasteiger partial charge < -0.3 is 10.0 Å². The van der Waals surface area contributed by atoms with Crippen LogP contribution in [0.2, 0.25) is 5.02 Å². The summed E-state index contributed by atoms with van der Waals surface area (Å²) in [7, 11) is 0. The summed E-state index contributed by atoms with van der Waals surface area (Å²) in [6.07, 6.45) is 1.10. The summed E-state index contributed by atoms with van der Waals surface area (Å²) >= 11 is 8.87. The van der Waals surface area contributed by atoms with Gasteiger partial charge in [-0.2, -0.15) is 0 Å². The van der Waals surface area contributed by atoms with E-state index >= 15 is 0 Å². The Morgan fingerprint density at radius 3 is 2.76 bits per heavy atom. The lowest BCUT2D eigenvalue weighted by Crippen LogP contribution is -2.49. The van der Waals surface area contributed by atoms with E-state index < -0.39 is 29.7 Å². The van der Waals surface area contributed by atoms with Gasteiger partial charge in [0.2, 0.25) is 0 Å². The normalized spacial score (nSPS) is 22.2. The number of carboxylic acid groups (broad SMARTS) is 1. The lowest BCUT2D eigenvalue weighted by Gasteiger charge is -2.37. The Morgan fingerprint density at radius 2 is 2.14 bits per heavy atom. The number of benzene rings is 1. The van der Waals surface area contributed by atoms with Gasteiger partial charge in [0, 0.05) is 17.6 Å². The zero-order valence-electron chi connectivity index (χ0n) is 11.3. The summed E-state index contributed by atoms with van der Waals surface area (Å²) in [6, 6.07) is 2.15. The number of aliphatic carboxylic acids is 1. The third-order valence-electron chi connectivity index (χ3n) is 3.79. The van der Waals surface area contributed by atoms with Gasteiger partial charge in [-0.1, -0.05) is 11.6 Å². The zero-order chi connectivity index (χ0) is 15.7. The van der Waals surface area contributed by atoms with Crippen LogP contribution in [0.1, 0.15) is 30.1 Å². The van der Waals surface area contributed by atoms with Crippen molar-refractivity contribution in [1.82, 2.24) is 4.90 Å². The first-order chi connectivity index (χ1) is 9.82. The Morgan fingerprint density at radius 1 is 1.48 bits per heavy atom. The molecule has 21 heavy (non-hydrogen) atoms. The third kappa shape index (κ3) is 3.21. The molecule has 1 aliphatic rings. The fourth-order valence-corrected chi connectivity index (χ4v) is 3.44. The number of hydrogen-bond donors (Lipinski definition) is 1. The van der Waals surface area contributed by atoms with Gasteiger partial charge in [0.05, 0.1) is 16.0 Å². The van der Waals surface area contributed by atoms with Crippen LogP contribution in [0.25, 0.3) is 0 Å². The van der Waals surface area contributed by atoms with Crippen LogP contribution in [0, 0.1) is 11.7 Å². The van der Waals surface area contributed by atoms with Crippen LogP contribution in [0.5, 0.6) is 0 Å². The van der Waals surface area contributed by atoms with E-state index in [9.17, 15) is 19.1 Å². The molecule has 1 amide bonds. The van der Waals surface area contributed by atoms with Crippen molar-refractivity contribution in [3.63, 3.8) is 0 Å². The molecule has 0 radical (unpaired) electrons. The number of carbonyl (C=O) groups is 2. The van der Waals surface area contributed by atoms with Gasteiger partial charge in [-0.3, -0.25) is 9.59 Å². The molecule has 2 rings (SSSR count). The number of carbonyl (C=O) groups excluding carboxylic acids is 1. The van der Waals surface area contributed by atoms with Gasteiger partial charge >= 0.3 is 5.97 Å². The highest BCUT2D eigenvalue weighted by Gasteiger charge is 2.36. The molecule has 1 aromatic rings. The number of hydrogen-bond acceptors (Lipinski definition) is 2. The number of likely N-dealkylation sites (tertiary alicyclic amines) is 1. The molecule has 2 atom stereocenters. The van der Waals surface area contributed by atoms with E-state index in [2.05, 4.69) is 15.9 Å². The highest BCUT2D eigenvalue weighted by molar-refractivity contribution is 9.10. The van der Waals surface area contributed by atoms with Crippen LogP contribution in [-0.2, 0) is 4.79 Å². The predicted molar refractivity (Wildman–Crippen MR) is 80.0 cm³/mol. The Kier molecular flexibility index (Phi) is 4.88. The van der Waals surface area contributed by atoms with Gasteiger partial charge in [-0.25, -0.2) is 4.39 Å². The number of amides is 1. The quantitative estimate of drug-likeness (QED) is 0.801. The maximum absolute atomic E-state index is 14.1. The summed E-state index contributed by atoms with van der Waals surface area (Å²) in [5, 5.41) is 9.42. The van der Waals surface area contributed by atoms with Crippen LogP contribution >= 0.6 is 27.5 Å². The summed E-state index contributed by atoms with van der Waals surface area (Å²) in [4.78, 5) is 25.1. The fourth-order valence-electron chi connectivity index (χ4n) is 2.63. The minimum absolute atomic E-state index is 0.109. The predicted octanol–water partition coefficient (Wildman–Crippen LogP) is 3.57. The number of halogens is 3. The van der Waals surface area contributed by atoms with Crippen molar-refractivity contribution in [2.24, 2.45) is 5.92 Å². The van der Waals surface area contributed by atoms with Crippen molar-refractivity contribution >= 4 is 39.4 Å². The molecule has 0 bridgehead atoms. The van der Waals surface area contributed by atoms with Gasteiger partial charge in [0.1, 0.15) is 5.82 Å². The van der Waals surface area contributed by atoms with E-state index in [0.29, 0.717) is 19.4 Å². The highest BCUT2D eigenvalue weighted by Crippen LogP contribution is 2.29. The molecular weight excluding hydrogens is 365 g/mol. The lowest BCUT2D eigenvalue weighted by molar-refractivity contribution is -0.144. The van der Waals surface area contributed by atoms with Crippen molar-refractivity contribution in [2.45, 2.75) is 25.8 Å². The summed E-state index contributed by atoms with van der Waals surface area (Å²) in [6.45, 7) is 2.08. The van der Waals surface area contributed by atoms with Crippen molar-refractivity contribution < 1.29 is 19.1 Å². The molecule has 1 fully saturated rings. The molecule has 1 heterocycles. The first kappa shape index (κ1) is 16.2. The van der Waals surface area contributed by atoms with E-state index in [1.807, 2.05) is 0 Å². The Bertz CT molecular complexity index is 596. The standard InChI is InChI=1S/C14H14BrClFNO3/c1-7-9(14(20)21)3-2-4-18(7)13(19)10-5-8(16)6-11(15)12(10)17/h5-7,9H,2-4H2,1H3,(H,20,21)/t7-,9-/m1/s1. The zero-order valence-corrected chi connectivity index (χ0v) is 13.6. The third-order valence-corrected chi connectivity index (χ3v) is 4.58. The number of piperidine rings is 1. The van der Waals surface area contributed by atoms with Crippen LogP contribution < -0.4 is 0 Å². The molecule has 114 valence electrons. The molecule has 1 aliphatic heterocycles. The molecule has 0 spiro atoms. The van der Waals surface area contributed by atoms with Crippen LogP contribution in [-0.4, -0.2) is 34.5 Å². The van der Waals surface area contributed by atoms with Crippen molar-refractivity contribution in [3.05, 3.63) is 33.0 Å². The van der Waals surface area contributed by atoms with Gasteiger partial charge in [-0.05, 0) is 47.8 Å². The summed E-state index contributed by atoms with van der Waals surface area (Å²) in [5.41, 5.74) is -0.146. The lowest BCUT2D eigenvalue weighted by atomic mass is 9.90. The fraction of sp³-hybridized carbons (Fsp3) is 0.429. The maximum atomic E-state index is 14.1. The van der Waals surface area contributed by atoms with E-state index in [1.54, 1.807) is 6.92 Å². The Labute approximate surface area is 135 Å². The highest BCUT2D eigenvalue weighted by atomic mass is 79.9. The SMILES string of the molecule is C[C@@H]1[C@H](C(=O)O)CCCN1C(=O)c1cc(Cl)cc(Br)c1F. The van der Waals surface area contributed by atoms with Crippen molar-refractivity contribution in [1.29, 1.82) is 0 Å². The second-order valence-corrected chi connectivity index (χ2v) is 6.37. The smallest absolute Gasteiger partial charge is 0.308 e. The molecule has 1 saturated heterocycles. The average Bonchev–Trinajstić information content (AvgIpc) is 2.42. The van der Waals surface area contributed by atoms with Crippen LogP contribution in [0.4, 0.5) is 4.39 Å². The van der Waals surface area contributed by atoms with Gasteiger partial charge in [-0.15, -0.1) is 0 Å².